The van der Waals surface area contributed by atoms with Crippen LogP contribution in [0.1, 0.15) is 37.5 Å². The molecule has 0 aliphatic rings. The SMILES string of the molecule is Cc1cc(C)c(P=C(O[Si](C)(C)C)C(C)(C)C)c(C)c1. The van der Waals surface area contributed by atoms with E-state index in [0.29, 0.717) is 0 Å². The van der Waals surface area contributed by atoms with Crippen LogP contribution in [0.2, 0.25) is 19.6 Å². The molecule has 0 saturated carbocycles. The van der Waals surface area contributed by atoms with E-state index in [1.807, 2.05) is 0 Å². The molecule has 20 heavy (non-hydrogen) atoms. The molecule has 0 unspecified atom stereocenters. The number of benzene rings is 1. The van der Waals surface area contributed by atoms with Gasteiger partial charge in [-0.25, -0.2) is 0 Å². The molecule has 0 amide bonds. The molecule has 1 aromatic rings. The van der Waals surface area contributed by atoms with Crippen LogP contribution in [-0.4, -0.2) is 13.8 Å². The van der Waals surface area contributed by atoms with Gasteiger partial charge < -0.3 is 4.43 Å². The van der Waals surface area contributed by atoms with Crippen molar-refractivity contribution in [2.45, 2.75) is 61.2 Å². The quantitative estimate of drug-likeness (QED) is 0.550. The Kier molecular flexibility index (Phi) is 5.40. The van der Waals surface area contributed by atoms with Gasteiger partial charge in [-0.3, -0.25) is 0 Å². The maximum absolute atomic E-state index is 6.39. The average Bonchev–Trinajstić information content (AvgIpc) is 2.18. The molecule has 0 aromatic heterocycles. The molecule has 0 aliphatic heterocycles. The molecule has 1 aromatic carbocycles. The van der Waals surface area contributed by atoms with Crippen LogP contribution in [0.25, 0.3) is 0 Å². The molecule has 0 fully saturated rings. The number of rotatable bonds is 3. The fourth-order valence-electron chi connectivity index (χ4n) is 2.08. The maximum Gasteiger partial charge on any atom is 0.191 e. The molecule has 0 atom stereocenters. The predicted molar refractivity (Wildman–Crippen MR) is 96.1 cm³/mol. The molecule has 3 heteroatoms. The standard InChI is InChI=1S/C17H29OPSi/c1-12-10-13(2)15(14(3)11-12)19-16(17(4,5)6)18-20(7,8)9/h10-11H,1-9H3. The zero-order valence-corrected chi connectivity index (χ0v) is 16.4. The molecule has 1 rings (SSSR count). The molecular weight excluding hydrogens is 279 g/mol. The molecule has 0 bridgehead atoms. The van der Waals surface area contributed by atoms with Gasteiger partial charge in [0.05, 0.1) is 5.48 Å². The topological polar surface area (TPSA) is 9.23 Å². The molecule has 0 spiro atoms. The Balaban J connectivity index is 3.35. The van der Waals surface area contributed by atoms with E-state index < -0.39 is 8.32 Å². The molecule has 0 heterocycles. The van der Waals surface area contributed by atoms with Gasteiger partial charge in [0.25, 0.3) is 0 Å². The van der Waals surface area contributed by atoms with Gasteiger partial charge in [0, 0.05) is 10.7 Å². The van der Waals surface area contributed by atoms with Gasteiger partial charge in [-0.05, 0) is 59.7 Å². The zero-order valence-electron chi connectivity index (χ0n) is 14.5. The third-order valence-electron chi connectivity index (χ3n) is 2.89. The fourth-order valence-corrected chi connectivity index (χ4v) is 4.99. The van der Waals surface area contributed by atoms with Crippen LogP contribution in [0.4, 0.5) is 0 Å². The monoisotopic (exact) mass is 308 g/mol. The van der Waals surface area contributed by atoms with Gasteiger partial charge in [-0.15, -0.1) is 0 Å². The Labute approximate surface area is 127 Å². The van der Waals surface area contributed by atoms with Crippen molar-refractivity contribution >= 4 is 27.3 Å². The summed E-state index contributed by atoms with van der Waals surface area (Å²) >= 11 is 0. The lowest BCUT2D eigenvalue weighted by Crippen LogP contribution is -2.35. The molecular formula is C17H29OPSi. The Bertz CT molecular complexity index is 496. The summed E-state index contributed by atoms with van der Waals surface area (Å²) in [6.07, 6.45) is 0. The minimum Gasteiger partial charge on any atom is -0.385 e. The van der Waals surface area contributed by atoms with Gasteiger partial charge in [-0.2, -0.15) is 0 Å². The highest BCUT2D eigenvalue weighted by Gasteiger charge is 2.26. The summed E-state index contributed by atoms with van der Waals surface area (Å²) < 4.78 is 6.39. The van der Waals surface area contributed by atoms with Gasteiger partial charge in [0.1, 0.15) is 0 Å². The Morgan fingerprint density at radius 2 is 1.45 bits per heavy atom. The van der Waals surface area contributed by atoms with Gasteiger partial charge in [-0.1, -0.05) is 38.5 Å². The second-order valence-corrected chi connectivity index (χ2v) is 13.1. The first-order chi connectivity index (χ1) is 8.90. The first kappa shape index (κ1) is 17.6. The van der Waals surface area contributed by atoms with Crippen molar-refractivity contribution < 1.29 is 4.43 Å². The summed E-state index contributed by atoms with van der Waals surface area (Å²) in [4.78, 5) is 0. The molecule has 0 N–H and O–H groups in total. The predicted octanol–water partition coefficient (Wildman–Crippen LogP) is 5.21. The zero-order chi connectivity index (χ0) is 15.7. The van der Waals surface area contributed by atoms with Crippen molar-refractivity contribution in [3.05, 3.63) is 28.8 Å². The number of aryl methyl sites for hydroxylation is 3. The van der Waals surface area contributed by atoms with Crippen molar-refractivity contribution in [2.24, 2.45) is 5.41 Å². The summed E-state index contributed by atoms with van der Waals surface area (Å²) in [5.74, 6) is 0. The molecule has 0 radical (unpaired) electrons. The first-order valence-corrected chi connectivity index (χ1v) is 11.6. The second-order valence-electron chi connectivity index (χ2n) is 7.63. The number of hydrogen-bond donors (Lipinski definition) is 0. The van der Waals surface area contributed by atoms with Gasteiger partial charge >= 0.3 is 0 Å². The average molecular weight is 308 g/mol. The van der Waals surface area contributed by atoms with Crippen LogP contribution >= 0.6 is 8.20 Å². The maximum atomic E-state index is 6.39. The van der Waals surface area contributed by atoms with Crippen LogP contribution < -0.4 is 5.30 Å². The van der Waals surface area contributed by atoms with Crippen molar-refractivity contribution in [1.82, 2.24) is 0 Å². The van der Waals surface area contributed by atoms with Crippen molar-refractivity contribution in [3.8, 4) is 0 Å². The van der Waals surface area contributed by atoms with Crippen molar-refractivity contribution in [3.63, 3.8) is 0 Å². The Morgan fingerprint density at radius 1 is 1.00 bits per heavy atom. The van der Waals surface area contributed by atoms with E-state index >= 15 is 0 Å². The van der Waals surface area contributed by atoms with E-state index in [2.05, 4.69) is 73.3 Å². The third-order valence-corrected chi connectivity index (χ3v) is 5.78. The highest BCUT2D eigenvalue weighted by Crippen LogP contribution is 2.26. The van der Waals surface area contributed by atoms with Crippen molar-refractivity contribution in [2.75, 3.05) is 0 Å². The summed E-state index contributed by atoms with van der Waals surface area (Å²) in [7, 11) is -0.345. The number of hydrogen-bond acceptors (Lipinski definition) is 1. The van der Waals surface area contributed by atoms with Gasteiger partial charge in [0.15, 0.2) is 8.32 Å². The molecule has 0 aliphatic carbocycles. The minimum atomic E-state index is -1.57. The van der Waals surface area contributed by atoms with Gasteiger partial charge in [0.2, 0.25) is 0 Å². The van der Waals surface area contributed by atoms with E-state index in [-0.39, 0.29) is 5.41 Å². The third kappa shape index (κ3) is 5.16. The van der Waals surface area contributed by atoms with Crippen LogP contribution in [0.5, 0.6) is 0 Å². The summed E-state index contributed by atoms with van der Waals surface area (Å²) in [5, 5.41) is 1.40. The molecule has 0 saturated heterocycles. The van der Waals surface area contributed by atoms with E-state index in [9.17, 15) is 0 Å². The Hall–Kier alpha value is -0.433. The fraction of sp³-hybridized carbons (Fsp3) is 0.588. The summed E-state index contributed by atoms with van der Waals surface area (Å²) in [6.45, 7) is 20.1. The van der Waals surface area contributed by atoms with E-state index in [1.54, 1.807) is 0 Å². The minimum absolute atomic E-state index is 0.0750. The van der Waals surface area contributed by atoms with Crippen LogP contribution in [0.3, 0.4) is 0 Å². The highest BCUT2D eigenvalue weighted by molar-refractivity contribution is 7.49. The highest BCUT2D eigenvalue weighted by atomic mass is 31.1. The summed E-state index contributed by atoms with van der Waals surface area (Å²) in [6, 6.07) is 4.54. The normalized spacial score (nSPS) is 13.8. The Morgan fingerprint density at radius 3 is 1.80 bits per heavy atom. The van der Waals surface area contributed by atoms with Crippen LogP contribution in [-0.2, 0) is 4.43 Å². The van der Waals surface area contributed by atoms with Crippen LogP contribution in [0.15, 0.2) is 12.1 Å². The largest absolute Gasteiger partial charge is 0.385 e. The van der Waals surface area contributed by atoms with Crippen LogP contribution in [0, 0.1) is 26.2 Å². The first-order valence-electron chi connectivity index (χ1n) is 7.26. The lowest BCUT2D eigenvalue weighted by atomic mass is 9.99. The molecule has 1 nitrogen and oxygen atoms in total. The van der Waals surface area contributed by atoms with E-state index in [1.165, 1.54) is 35.7 Å². The van der Waals surface area contributed by atoms with Crippen molar-refractivity contribution in [1.29, 1.82) is 0 Å². The van der Waals surface area contributed by atoms with E-state index in [0.717, 1.165) is 0 Å². The lowest BCUT2D eigenvalue weighted by Gasteiger charge is -2.29. The smallest absolute Gasteiger partial charge is 0.191 e. The van der Waals surface area contributed by atoms with E-state index in [4.69, 9.17) is 4.43 Å². The second kappa shape index (κ2) is 6.13. The molecule has 112 valence electrons. The lowest BCUT2D eigenvalue weighted by molar-refractivity contribution is 0.447. The summed E-state index contributed by atoms with van der Waals surface area (Å²) in [5.41, 5.74) is 5.34.